The normalized spacial score (nSPS) is 15.8. The Morgan fingerprint density at radius 3 is 2.85 bits per heavy atom. The number of benzene rings is 1. The molecule has 3 N–H and O–H groups in total. The lowest BCUT2D eigenvalue weighted by atomic mass is 10.1. The molecule has 0 spiro atoms. The van der Waals surface area contributed by atoms with Gasteiger partial charge in [0, 0.05) is 11.4 Å². The SMILES string of the molecule is Cl.O=C(Cc1[nH]nc2ccccc12)NC1CCNCC1. The molecule has 1 fully saturated rings. The third kappa shape index (κ3) is 3.29. The Balaban J connectivity index is 0.00000147. The number of aromatic nitrogens is 2. The summed E-state index contributed by atoms with van der Waals surface area (Å²) in [6, 6.07) is 8.16. The first kappa shape index (κ1) is 14.8. The number of hydrogen-bond acceptors (Lipinski definition) is 3. The molecule has 0 bridgehead atoms. The Bertz CT molecular complexity index is 577. The average molecular weight is 295 g/mol. The highest BCUT2D eigenvalue weighted by Gasteiger charge is 2.16. The fraction of sp³-hybridized carbons (Fsp3) is 0.429. The van der Waals surface area contributed by atoms with Gasteiger partial charge >= 0.3 is 0 Å². The van der Waals surface area contributed by atoms with E-state index in [9.17, 15) is 4.79 Å². The molecule has 0 unspecified atom stereocenters. The van der Waals surface area contributed by atoms with Crippen LogP contribution in [0.3, 0.4) is 0 Å². The van der Waals surface area contributed by atoms with E-state index >= 15 is 0 Å². The van der Waals surface area contributed by atoms with Crippen molar-refractivity contribution in [3.05, 3.63) is 30.0 Å². The highest BCUT2D eigenvalue weighted by Crippen LogP contribution is 2.15. The Labute approximate surface area is 123 Å². The number of hydrogen-bond donors (Lipinski definition) is 3. The number of carbonyl (C=O) groups is 1. The van der Waals surface area contributed by atoms with Gasteiger partial charge in [0.15, 0.2) is 0 Å². The summed E-state index contributed by atoms with van der Waals surface area (Å²) < 4.78 is 0. The Morgan fingerprint density at radius 2 is 2.05 bits per heavy atom. The van der Waals surface area contributed by atoms with E-state index < -0.39 is 0 Å². The number of nitrogens with zero attached hydrogens (tertiary/aromatic N) is 1. The molecule has 1 aliphatic heterocycles. The molecule has 0 saturated carbocycles. The van der Waals surface area contributed by atoms with Crippen molar-refractivity contribution in [2.75, 3.05) is 13.1 Å². The summed E-state index contributed by atoms with van der Waals surface area (Å²) in [5.41, 5.74) is 1.80. The molecule has 20 heavy (non-hydrogen) atoms. The molecular formula is C14H19ClN4O. The summed E-state index contributed by atoms with van der Waals surface area (Å²) >= 11 is 0. The molecule has 1 aromatic carbocycles. The average Bonchev–Trinajstić information content (AvgIpc) is 2.83. The quantitative estimate of drug-likeness (QED) is 0.801. The molecule has 5 nitrogen and oxygen atoms in total. The Morgan fingerprint density at radius 1 is 1.30 bits per heavy atom. The van der Waals surface area contributed by atoms with Crippen LogP contribution in [-0.4, -0.2) is 35.2 Å². The minimum atomic E-state index is 0. The van der Waals surface area contributed by atoms with E-state index in [1.54, 1.807) is 0 Å². The summed E-state index contributed by atoms with van der Waals surface area (Å²) in [6.07, 6.45) is 2.38. The number of para-hydroxylation sites is 1. The van der Waals surface area contributed by atoms with Gasteiger partial charge in [0.05, 0.1) is 17.6 Å². The van der Waals surface area contributed by atoms with Crippen LogP contribution in [0.25, 0.3) is 10.9 Å². The fourth-order valence-electron chi connectivity index (χ4n) is 2.55. The van der Waals surface area contributed by atoms with Gasteiger partial charge < -0.3 is 10.6 Å². The monoisotopic (exact) mass is 294 g/mol. The number of halogens is 1. The predicted molar refractivity (Wildman–Crippen MR) is 81.1 cm³/mol. The van der Waals surface area contributed by atoms with Gasteiger partial charge in [0.1, 0.15) is 0 Å². The largest absolute Gasteiger partial charge is 0.353 e. The highest BCUT2D eigenvalue weighted by atomic mass is 35.5. The van der Waals surface area contributed by atoms with Crippen molar-refractivity contribution in [3.63, 3.8) is 0 Å². The van der Waals surface area contributed by atoms with Crippen molar-refractivity contribution in [1.29, 1.82) is 0 Å². The minimum absolute atomic E-state index is 0. The zero-order valence-electron chi connectivity index (χ0n) is 11.2. The van der Waals surface area contributed by atoms with Crippen molar-refractivity contribution in [3.8, 4) is 0 Å². The molecule has 0 aliphatic carbocycles. The summed E-state index contributed by atoms with van der Waals surface area (Å²) in [5, 5.41) is 14.6. The molecule has 1 amide bonds. The van der Waals surface area contributed by atoms with Gasteiger partial charge in [-0.2, -0.15) is 5.10 Å². The van der Waals surface area contributed by atoms with Crippen LogP contribution < -0.4 is 10.6 Å². The van der Waals surface area contributed by atoms with E-state index in [2.05, 4.69) is 20.8 Å². The van der Waals surface area contributed by atoms with Gasteiger partial charge in [-0.25, -0.2) is 0 Å². The second-order valence-electron chi connectivity index (χ2n) is 4.99. The lowest BCUT2D eigenvalue weighted by Crippen LogP contribution is -2.43. The van der Waals surface area contributed by atoms with Crippen molar-refractivity contribution in [2.24, 2.45) is 0 Å². The van der Waals surface area contributed by atoms with Crippen LogP contribution in [0.15, 0.2) is 24.3 Å². The number of amides is 1. The van der Waals surface area contributed by atoms with E-state index in [4.69, 9.17) is 0 Å². The maximum Gasteiger partial charge on any atom is 0.226 e. The molecule has 0 atom stereocenters. The maximum atomic E-state index is 12.0. The van der Waals surface area contributed by atoms with E-state index in [1.165, 1.54) is 0 Å². The maximum absolute atomic E-state index is 12.0. The van der Waals surface area contributed by atoms with Gasteiger partial charge in [-0.15, -0.1) is 12.4 Å². The fourth-order valence-corrected chi connectivity index (χ4v) is 2.55. The number of piperidine rings is 1. The number of rotatable bonds is 3. The lowest BCUT2D eigenvalue weighted by molar-refractivity contribution is -0.121. The number of H-pyrrole nitrogens is 1. The van der Waals surface area contributed by atoms with Crippen LogP contribution in [0.4, 0.5) is 0 Å². The van der Waals surface area contributed by atoms with Crippen molar-refractivity contribution in [2.45, 2.75) is 25.3 Å². The molecule has 1 aliphatic rings. The smallest absolute Gasteiger partial charge is 0.226 e. The first-order valence-electron chi connectivity index (χ1n) is 6.75. The zero-order chi connectivity index (χ0) is 13.1. The summed E-state index contributed by atoms with van der Waals surface area (Å²) in [4.78, 5) is 12.0. The van der Waals surface area contributed by atoms with Crippen LogP contribution in [0.2, 0.25) is 0 Å². The molecule has 2 aromatic rings. The topological polar surface area (TPSA) is 69.8 Å². The Kier molecular flexibility index (Phi) is 4.98. The van der Waals surface area contributed by atoms with Gasteiger partial charge in [0.25, 0.3) is 0 Å². The minimum Gasteiger partial charge on any atom is -0.353 e. The first-order valence-corrected chi connectivity index (χ1v) is 6.75. The van der Waals surface area contributed by atoms with Crippen LogP contribution in [0.1, 0.15) is 18.5 Å². The number of nitrogens with one attached hydrogen (secondary N) is 3. The zero-order valence-corrected chi connectivity index (χ0v) is 12.0. The molecule has 2 heterocycles. The Hall–Kier alpha value is -1.59. The molecule has 3 rings (SSSR count). The molecule has 6 heteroatoms. The first-order chi connectivity index (χ1) is 9.33. The van der Waals surface area contributed by atoms with E-state index in [1.807, 2.05) is 24.3 Å². The summed E-state index contributed by atoms with van der Waals surface area (Å²) in [5.74, 6) is 0.0707. The third-order valence-corrected chi connectivity index (χ3v) is 3.58. The van der Waals surface area contributed by atoms with Crippen molar-refractivity contribution >= 4 is 29.2 Å². The van der Waals surface area contributed by atoms with Crippen LogP contribution in [0.5, 0.6) is 0 Å². The van der Waals surface area contributed by atoms with Gasteiger partial charge in [-0.1, -0.05) is 18.2 Å². The van der Waals surface area contributed by atoms with Crippen LogP contribution in [-0.2, 0) is 11.2 Å². The summed E-state index contributed by atoms with van der Waals surface area (Å²) in [6.45, 7) is 1.97. The molecular weight excluding hydrogens is 276 g/mol. The summed E-state index contributed by atoms with van der Waals surface area (Å²) in [7, 11) is 0. The highest BCUT2D eigenvalue weighted by molar-refractivity contribution is 5.87. The van der Waals surface area contributed by atoms with Crippen LogP contribution >= 0.6 is 12.4 Å². The standard InChI is InChI=1S/C14H18N4O.ClH/c19-14(16-10-5-7-15-8-6-10)9-13-11-3-1-2-4-12(11)17-18-13;/h1-4,10,15H,5-9H2,(H,16,19)(H,17,18);1H. The van der Waals surface area contributed by atoms with Gasteiger partial charge in [-0.3, -0.25) is 9.89 Å². The number of carbonyl (C=O) groups excluding carboxylic acids is 1. The van der Waals surface area contributed by atoms with Crippen molar-refractivity contribution < 1.29 is 4.79 Å². The molecule has 1 saturated heterocycles. The van der Waals surface area contributed by atoms with Crippen molar-refractivity contribution in [1.82, 2.24) is 20.8 Å². The molecule has 0 radical (unpaired) electrons. The number of fused-ring (bicyclic) bond motifs is 1. The van der Waals surface area contributed by atoms with E-state index in [0.29, 0.717) is 12.5 Å². The molecule has 1 aromatic heterocycles. The lowest BCUT2D eigenvalue weighted by Gasteiger charge is -2.23. The third-order valence-electron chi connectivity index (χ3n) is 3.58. The second-order valence-corrected chi connectivity index (χ2v) is 4.99. The van der Waals surface area contributed by atoms with Gasteiger partial charge in [-0.05, 0) is 32.0 Å². The van der Waals surface area contributed by atoms with Gasteiger partial charge in [0.2, 0.25) is 5.91 Å². The second kappa shape index (κ2) is 6.72. The number of aromatic amines is 1. The van der Waals surface area contributed by atoms with E-state index in [-0.39, 0.29) is 18.3 Å². The predicted octanol–water partition coefficient (Wildman–Crippen LogP) is 1.40. The van der Waals surface area contributed by atoms with Crippen LogP contribution in [0, 0.1) is 0 Å². The molecule has 108 valence electrons. The van der Waals surface area contributed by atoms with E-state index in [0.717, 1.165) is 42.5 Å².